The summed E-state index contributed by atoms with van der Waals surface area (Å²) >= 11 is 0. The quantitative estimate of drug-likeness (QED) is 0.0818. The van der Waals surface area contributed by atoms with Crippen LogP contribution in [0.25, 0.3) is 22.3 Å². The van der Waals surface area contributed by atoms with E-state index in [0.29, 0.717) is 22.8 Å². The first-order valence-electron chi connectivity index (χ1n) is 19.0. The normalized spacial score (nSPS) is 18.3. The zero-order valence-corrected chi connectivity index (χ0v) is 34.2. The number of hydrogen-bond acceptors (Lipinski definition) is 16. The second-order valence-electron chi connectivity index (χ2n) is 13.7. The van der Waals surface area contributed by atoms with E-state index in [9.17, 15) is 24.0 Å². The monoisotopic (exact) mass is 840 g/mol. The SMILES string of the molecule is COc1cc(-c2cc(=O)c3c(OCc4ccccc4)cc(O[C@@H]4O[C@H](COC(C)=O)[C@H](OC(C)=O)[C@H](OC(C)=O)[C@H]4OC(C)=O)cc3o2)cc(OC)c1OCc1ccccc1. The van der Waals surface area contributed by atoms with Crippen molar-refractivity contribution in [2.24, 2.45) is 0 Å². The maximum Gasteiger partial charge on any atom is 0.303 e. The molecule has 1 aliphatic heterocycles. The molecule has 0 spiro atoms. The van der Waals surface area contributed by atoms with Gasteiger partial charge in [0.05, 0.1) is 14.2 Å². The highest BCUT2D eigenvalue weighted by Crippen LogP contribution is 2.43. The van der Waals surface area contributed by atoms with Gasteiger partial charge in [-0.2, -0.15) is 0 Å². The van der Waals surface area contributed by atoms with E-state index in [1.165, 1.54) is 32.4 Å². The minimum atomic E-state index is -1.59. The van der Waals surface area contributed by atoms with Gasteiger partial charge < -0.3 is 51.8 Å². The zero-order valence-electron chi connectivity index (χ0n) is 34.2. The van der Waals surface area contributed by atoms with Crippen molar-refractivity contribution in [3.8, 4) is 40.1 Å². The zero-order chi connectivity index (χ0) is 43.6. The van der Waals surface area contributed by atoms with Crippen LogP contribution in [0.5, 0.6) is 28.7 Å². The summed E-state index contributed by atoms with van der Waals surface area (Å²) in [4.78, 5) is 63.1. The van der Waals surface area contributed by atoms with Crippen molar-refractivity contribution in [1.82, 2.24) is 0 Å². The molecule has 16 nitrogen and oxygen atoms in total. The Balaban J connectivity index is 1.44. The molecule has 1 fully saturated rings. The fraction of sp³-hybridized carbons (Fsp3) is 0.311. The van der Waals surface area contributed by atoms with Crippen LogP contribution in [-0.4, -0.2) is 75.4 Å². The Hall–Kier alpha value is -7.07. The average molecular weight is 841 g/mol. The van der Waals surface area contributed by atoms with Crippen LogP contribution in [0.15, 0.2) is 100 Å². The Morgan fingerprint density at radius 3 is 1.74 bits per heavy atom. The summed E-state index contributed by atoms with van der Waals surface area (Å²) in [7, 11) is 2.94. The van der Waals surface area contributed by atoms with Gasteiger partial charge in [-0.05, 0) is 23.3 Å². The largest absolute Gasteiger partial charge is 0.493 e. The van der Waals surface area contributed by atoms with E-state index in [2.05, 4.69) is 0 Å². The second kappa shape index (κ2) is 19.8. The lowest BCUT2D eigenvalue weighted by molar-refractivity contribution is -0.288. The van der Waals surface area contributed by atoms with Gasteiger partial charge in [0.25, 0.3) is 0 Å². The summed E-state index contributed by atoms with van der Waals surface area (Å²) in [6.45, 7) is 4.30. The van der Waals surface area contributed by atoms with Gasteiger partial charge in [0.2, 0.25) is 18.1 Å². The molecule has 1 aromatic heterocycles. The summed E-state index contributed by atoms with van der Waals surface area (Å²) in [5.74, 6) is -2.00. The second-order valence-corrected chi connectivity index (χ2v) is 13.7. The molecule has 5 aromatic rings. The molecule has 0 radical (unpaired) electrons. The number of ether oxygens (including phenoxy) is 10. The lowest BCUT2D eigenvalue weighted by Crippen LogP contribution is -2.63. The fourth-order valence-corrected chi connectivity index (χ4v) is 6.60. The number of benzene rings is 4. The van der Waals surface area contributed by atoms with Crippen molar-refractivity contribution in [1.29, 1.82) is 0 Å². The first-order chi connectivity index (χ1) is 29.3. The highest BCUT2D eigenvalue weighted by Gasteiger charge is 2.53. The molecule has 61 heavy (non-hydrogen) atoms. The molecule has 0 bridgehead atoms. The van der Waals surface area contributed by atoms with Gasteiger partial charge in [0, 0.05) is 51.5 Å². The molecule has 320 valence electrons. The Morgan fingerprint density at radius 1 is 0.623 bits per heavy atom. The van der Waals surface area contributed by atoms with Crippen LogP contribution in [0, 0.1) is 0 Å². The van der Waals surface area contributed by atoms with Crippen molar-refractivity contribution in [2.75, 3.05) is 20.8 Å². The molecule has 16 heteroatoms. The number of methoxy groups -OCH3 is 2. The molecule has 1 saturated heterocycles. The minimum absolute atomic E-state index is 0.0102. The molecule has 5 atom stereocenters. The highest BCUT2D eigenvalue weighted by molar-refractivity contribution is 5.87. The highest BCUT2D eigenvalue weighted by atomic mass is 16.7. The van der Waals surface area contributed by atoms with Gasteiger partial charge in [0.1, 0.15) is 54.2 Å². The predicted octanol–water partition coefficient (Wildman–Crippen LogP) is 6.10. The fourth-order valence-electron chi connectivity index (χ4n) is 6.60. The van der Waals surface area contributed by atoms with Crippen molar-refractivity contribution < 1.29 is 71.0 Å². The smallest absolute Gasteiger partial charge is 0.303 e. The average Bonchev–Trinajstić information content (AvgIpc) is 3.23. The van der Waals surface area contributed by atoms with E-state index in [4.69, 9.17) is 51.8 Å². The molecule has 4 aromatic carbocycles. The van der Waals surface area contributed by atoms with Gasteiger partial charge in [-0.25, -0.2) is 0 Å². The van der Waals surface area contributed by atoms with E-state index < -0.39 is 66.6 Å². The molecule has 1 aliphatic rings. The Morgan fingerprint density at radius 2 is 1.18 bits per heavy atom. The molecular weight excluding hydrogens is 796 g/mol. The lowest BCUT2D eigenvalue weighted by atomic mass is 9.98. The number of esters is 4. The number of carbonyl (C=O) groups is 4. The number of carbonyl (C=O) groups excluding carboxylic acids is 4. The van der Waals surface area contributed by atoms with E-state index in [1.807, 2.05) is 60.7 Å². The molecule has 6 rings (SSSR count). The summed E-state index contributed by atoms with van der Waals surface area (Å²) in [5.41, 5.74) is 1.65. The summed E-state index contributed by atoms with van der Waals surface area (Å²) in [5, 5.41) is 0.0651. The number of hydrogen-bond donors (Lipinski definition) is 0. The molecule has 0 aliphatic carbocycles. The van der Waals surface area contributed by atoms with E-state index in [0.717, 1.165) is 38.8 Å². The first-order valence-corrected chi connectivity index (χ1v) is 19.0. The van der Waals surface area contributed by atoms with Crippen LogP contribution in [0.3, 0.4) is 0 Å². The van der Waals surface area contributed by atoms with Crippen LogP contribution in [0.2, 0.25) is 0 Å². The molecule has 0 amide bonds. The van der Waals surface area contributed by atoms with Crippen LogP contribution >= 0.6 is 0 Å². The van der Waals surface area contributed by atoms with Crippen LogP contribution < -0.4 is 29.1 Å². The first kappa shape index (κ1) is 43.5. The van der Waals surface area contributed by atoms with Gasteiger partial charge in [-0.3, -0.25) is 24.0 Å². The summed E-state index contributed by atoms with van der Waals surface area (Å²) < 4.78 is 64.5. The Labute approximate surface area is 350 Å². The third-order valence-electron chi connectivity index (χ3n) is 9.18. The third-order valence-corrected chi connectivity index (χ3v) is 9.18. The third kappa shape index (κ3) is 11.0. The number of rotatable bonds is 16. The standard InChI is InChI=1S/C45H44O16/c1-25(46)53-24-39-42(56-26(2)47)43(57-27(3)48)44(58-28(4)49)45(61-39)59-32-19-35(54-22-29-13-9-7-10-14-29)40-33(50)21-34(60-36(40)20-32)31-17-37(51-5)41(38(18-31)52-6)55-23-30-15-11-8-12-16-30/h7-21,39,42-45H,22-24H2,1-6H3/t39-,42+,43+,44-,45-/m1/s1. The Bertz CT molecular complexity index is 2390. The van der Waals surface area contributed by atoms with Gasteiger partial charge >= 0.3 is 23.9 Å². The molecule has 2 heterocycles. The van der Waals surface area contributed by atoms with E-state index >= 15 is 0 Å². The van der Waals surface area contributed by atoms with Crippen molar-refractivity contribution in [3.05, 3.63) is 112 Å². The topological polar surface area (TPSA) is 191 Å². The predicted molar refractivity (Wildman–Crippen MR) is 215 cm³/mol. The maximum absolute atomic E-state index is 14.1. The van der Waals surface area contributed by atoms with Crippen molar-refractivity contribution >= 4 is 34.8 Å². The number of fused-ring (bicyclic) bond motifs is 1. The van der Waals surface area contributed by atoms with Crippen LogP contribution in [0.1, 0.15) is 38.8 Å². The van der Waals surface area contributed by atoms with Gasteiger partial charge in [-0.15, -0.1) is 0 Å². The minimum Gasteiger partial charge on any atom is -0.493 e. The van der Waals surface area contributed by atoms with Crippen LogP contribution in [-0.2, 0) is 56.1 Å². The summed E-state index contributed by atoms with van der Waals surface area (Å²) in [6, 6.07) is 26.1. The van der Waals surface area contributed by atoms with Gasteiger partial charge in [0.15, 0.2) is 29.1 Å². The lowest BCUT2D eigenvalue weighted by Gasteiger charge is -2.43. The maximum atomic E-state index is 14.1. The van der Waals surface area contributed by atoms with Crippen LogP contribution in [0.4, 0.5) is 0 Å². The molecule has 0 N–H and O–H groups in total. The van der Waals surface area contributed by atoms with Crippen molar-refractivity contribution in [3.63, 3.8) is 0 Å². The molecular formula is C45H44O16. The Kier molecular flexibility index (Phi) is 14.1. The van der Waals surface area contributed by atoms with Crippen molar-refractivity contribution in [2.45, 2.75) is 71.6 Å². The van der Waals surface area contributed by atoms with Gasteiger partial charge in [-0.1, -0.05) is 60.7 Å². The molecule has 0 unspecified atom stereocenters. The molecule has 0 saturated carbocycles. The van der Waals surface area contributed by atoms with E-state index in [-0.39, 0.29) is 41.4 Å². The van der Waals surface area contributed by atoms with E-state index in [1.54, 1.807) is 12.1 Å². The summed E-state index contributed by atoms with van der Waals surface area (Å²) in [6.07, 6.45) is -7.31.